The number of benzene rings is 2. The Morgan fingerprint density at radius 3 is 2.53 bits per heavy atom. The number of esters is 1. The molecule has 2 aromatic carbocycles. The highest BCUT2D eigenvalue weighted by Gasteiger charge is 2.13. The van der Waals surface area contributed by atoms with Gasteiger partial charge in [0.15, 0.2) is 0 Å². The standard InChI is InChI=1S/C16H17NO2/c1-11-8-14(17)9-15(12(11)2)16(18)19-10-13-6-4-3-5-7-13/h3-9H,10,17H2,1-2H3. The van der Waals surface area contributed by atoms with Crippen LogP contribution < -0.4 is 5.73 Å². The van der Waals surface area contributed by atoms with Crippen molar-refractivity contribution in [2.45, 2.75) is 20.5 Å². The molecule has 0 unspecified atom stereocenters. The van der Waals surface area contributed by atoms with Crippen molar-refractivity contribution in [3.63, 3.8) is 0 Å². The fourth-order valence-electron chi connectivity index (χ4n) is 1.90. The summed E-state index contributed by atoms with van der Waals surface area (Å²) in [6.07, 6.45) is 0. The molecule has 19 heavy (non-hydrogen) atoms. The third kappa shape index (κ3) is 3.13. The monoisotopic (exact) mass is 255 g/mol. The number of nitrogen functional groups attached to an aromatic ring is 1. The van der Waals surface area contributed by atoms with Gasteiger partial charge < -0.3 is 10.5 Å². The Morgan fingerprint density at radius 1 is 1.16 bits per heavy atom. The first-order valence-corrected chi connectivity index (χ1v) is 6.15. The molecule has 0 aliphatic rings. The van der Waals surface area contributed by atoms with Gasteiger partial charge in [0.2, 0.25) is 0 Å². The van der Waals surface area contributed by atoms with Gasteiger partial charge >= 0.3 is 5.97 Å². The van der Waals surface area contributed by atoms with Crippen LogP contribution in [0, 0.1) is 13.8 Å². The van der Waals surface area contributed by atoms with Crippen molar-refractivity contribution in [3.8, 4) is 0 Å². The van der Waals surface area contributed by atoms with Gasteiger partial charge in [0.25, 0.3) is 0 Å². The van der Waals surface area contributed by atoms with Crippen LogP contribution in [0.5, 0.6) is 0 Å². The summed E-state index contributed by atoms with van der Waals surface area (Å²) in [5.74, 6) is -0.336. The lowest BCUT2D eigenvalue weighted by Crippen LogP contribution is -2.09. The molecular weight excluding hydrogens is 238 g/mol. The van der Waals surface area contributed by atoms with Gasteiger partial charge in [-0.2, -0.15) is 0 Å². The number of carbonyl (C=O) groups excluding carboxylic acids is 1. The second kappa shape index (κ2) is 5.57. The molecule has 0 bridgehead atoms. The molecule has 98 valence electrons. The van der Waals surface area contributed by atoms with Crippen molar-refractivity contribution in [3.05, 3.63) is 64.7 Å². The van der Waals surface area contributed by atoms with E-state index in [4.69, 9.17) is 10.5 Å². The summed E-state index contributed by atoms with van der Waals surface area (Å²) in [4.78, 5) is 12.1. The van der Waals surface area contributed by atoms with E-state index < -0.39 is 0 Å². The number of hydrogen-bond donors (Lipinski definition) is 1. The molecule has 0 aliphatic heterocycles. The zero-order valence-corrected chi connectivity index (χ0v) is 11.1. The summed E-state index contributed by atoms with van der Waals surface area (Å²) < 4.78 is 5.31. The zero-order chi connectivity index (χ0) is 13.8. The number of ether oxygens (including phenoxy) is 1. The van der Waals surface area contributed by atoms with Crippen LogP contribution in [-0.2, 0) is 11.3 Å². The average molecular weight is 255 g/mol. The molecular formula is C16H17NO2. The molecule has 0 heterocycles. The first-order valence-electron chi connectivity index (χ1n) is 6.15. The molecule has 2 rings (SSSR count). The van der Waals surface area contributed by atoms with E-state index in [0.29, 0.717) is 11.3 Å². The Kier molecular flexibility index (Phi) is 3.85. The minimum absolute atomic E-state index is 0.271. The van der Waals surface area contributed by atoms with Crippen LogP contribution in [0.1, 0.15) is 27.0 Å². The molecule has 2 aromatic rings. The van der Waals surface area contributed by atoms with E-state index in [-0.39, 0.29) is 12.6 Å². The first-order chi connectivity index (χ1) is 9.08. The molecule has 0 radical (unpaired) electrons. The molecule has 0 saturated heterocycles. The van der Waals surface area contributed by atoms with E-state index >= 15 is 0 Å². The van der Waals surface area contributed by atoms with Crippen LogP contribution in [0.3, 0.4) is 0 Å². The molecule has 0 spiro atoms. The number of aryl methyl sites for hydroxylation is 1. The molecule has 0 aliphatic carbocycles. The van der Waals surface area contributed by atoms with E-state index in [1.807, 2.05) is 50.2 Å². The van der Waals surface area contributed by atoms with E-state index in [1.54, 1.807) is 6.07 Å². The number of nitrogens with two attached hydrogens (primary N) is 1. The Labute approximate surface area is 113 Å². The second-order valence-electron chi connectivity index (χ2n) is 4.57. The lowest BCUT2D eigenvalue weighted by Gasteiger charge is -2.10. The van der Waals surface area contributed by atoms with E-state index in [0.717, 1.165) is 16.7 Å². The fraction of sp³-hybridized carbons (Fsp3) is 0.188. The SMILES string of the molecule is Cc1cc(N)cc(C(=O)OCc2ccccc2)c1C. The lowest BCUT2D eigenvalue weighted by atomic mass is 10.0. The van der Waals surface area contributed by atoms with Crippen molar-refractivity contribution in [2.24, 2.45) is 0 Å². The van der Waals surface area contributed by atoms with Crippen LogP contribution in [-0.4, -0.2) is 5.97 Å². The third-order valence-corrected chi connectivity index (χ3v) is 3.12. The van der Waals surface area contributed by atoms with Gasteiger partial charge in [-0.1, -0.05) is 30.3 Å². The Bertz CT molecular complexity index is 591. The van der Waals surface area contributed by atoms with Gasteiger partial charge in [-0.3, -0.25) is 0 Å². The summed E-state index contributed by atoms with van der Waals surface area (Å²) in [5, 5.41) is 0. The molecule has 0 fully saturated rings. The smallest absolute Gasteiger partial charge is 0.338 e. The maximum absolute atomic E-state index is 12.1. The molecule has 3 heteroatoms. The molecule has 0 amide bonds. The van der Waals surface area contributed by atoms with Crippen LogP contribution in [0.2, 0.25) is 0 Å². The quantitative estimate of drug-likeness (QED) is 0.676. The van der Waals surface area contributed by atoms with Gasteiger partial charge in [-0.05, 0) is 42.7 Å². The fourth-order valence-corrected chi connectivity index (χ4v) is 1.90. The van der Waals surface area contributed by atoms with Crippen LogP contribution in [0.25, 0.3) is 0 Å². The van der Waals surface area contributed by atoms with Crippen LogP contribution >= 0.6 is 0 Å². The largest absolute Gasteiger partial charge is 0.457 e. The lowest BCUT2D eigenvalue weighted by molar-refractivity contribution is 0.0472. The summed E-state index contributed by atoms with van der Waals surface area (Å²) in [7, 11) is 0. The van der Waals surface area contributed by atoms with Gasteiger partial charge in [0.05, 0.1) is 5.56 Å². The van der Waals surface area contributed by atoms with Crippen LogP contribution in [0.15, 0.2) is 42.5 Å². The van der Waals surface area contributed by atoms with Crippen molar-refractivity contribution < 1.29 is 9.53 Å². The number of rotatable bonds is 3. The predicted octanol–water partition coefficient (Wildman–Crippen LogP) is 3.24. The van der Waals surface area contributed by atoms with E-state index in [1.165, 1.54) is 0 Å². The van der Waals surface area contributed by atoms with Crippen molar-refractivity contribution >= 4 is 11.7 Å². The maximum atomic E-state index is 12.1. The topological polar surface area (TPSA) is 52.3 Å². The minimum atomic E-state index is -0.336. The van der Waals surface area contributed by atoms with E-state index in [9.17, 15) is 4.79 Å². The highest BCUT2D eigenvalue weighted by Crippen LogP contribution is 2.19. The zero-order valence-electron chi connectivity index (χ0n) is 11.1. The van der Waals surface area contributed by atoms with Crippen LogP contribution in [0.4, 0.5) is 5.69 Å². The van der Waals surface area contributed by atoms with Gasteiger partial charge in [0, 0.05) is 5.69 Å². The molecule has 2 N–H and O–H groups in total. The van der Waals surface area contributed by atoms with Gasteiger partial charge in [0.1, 0.15) is 6.61 Å². The highest BCUT2D eigenvalue weighted by molar-refractivity contribution is 5.92. The summed E-state index contributed by atoms with van der Waals surface area (Å²) >= 11 is 0. The first kappa shape index (κ1) is 13.1. The van der Waals surface area contributed by atoms with Gasteiger partial charge in [-0.15, -0.1) is 0 Å². The van der Waals surface area contributed by atoms with E-state index in [2.05, 4.69) is 0 Å². The summed E-state index contributed by atoms with van der Waals surface area (Å²) in [6, 6.07) is 13.1. The Morgan fingerprint density at radius 2 is 1.84 bits per heavy atom. The van der Waals surface area contributed by atoms with Crippen molar-refractivity contribution in [1.29, 1.82) is 0 Å². The maximum Gasteiger partial charge on any atom is 0.338 e. The number of anilines is 1. The van der Waals surface area contributed by atoms with Crippen molar-refractivity contribution in [2.75, 3.05) is 5.73 Å². The average Bonchev–Trinajstić information content (AvgIpc) is 2.41. The summed E-state index contributed by atoms with van der Waals surface area (Å²) in [6.45, 7) is 4.10. The normalized spacial score (nSPS) is 10.2. The molecule has 0 aromatic heterocycles. The van der Waals surface area contributed by atoms with Gasteiger partial charge in [-0.25, -0.2) is 4.79 Å². The third-order valence-electron chi connectivity index (χ3n) is 3.12. The highest BCUT2D eigenvalue weighted by atomic mass is 16.5. The molecule has 0 saturated carbocycles. The second-order valence-corrected chi connectivity index (χ2v) is 4.57. The Balaban J connectivity index is 2.13. The number of hydrogen-bond acceptors (Lipinski definition) is 3. The predicted molar refractivity (Wildman–Crippen MR) is 75.9 cm³/mol. The van der Waals surface area contributed by atoms with Crippen molar-refractivity contribution in [1.82, 2.24) is 0 Å². The minimum Gasteiger partial charge on any atom is -0.457 e. The molecule has 3 nitrogen and oxygen atoms in total. The molecule has 0 atom stereocenters. The summed E-state index contributed by atoms with van der Waals surface area (Å²) in [5.41, 5.74) is 9.75. The number of carbonyl (C=O) groups is 1. The Hall–Kier alpha value is -2.29.